The number of carbonyl (C=O) groups excluding carboxylic acids is 1. The molecular formula is C11H22N2O5. The molecule has 0 aromatic carbocycles. The number of rotatable bonds is 7. The molecule has 0 aromatic heterocycles. The fourth-order valence-electron chi connectivity index (χ4n) is 1.41. The van der Waals surface area contributed by atoms with Crippen molar-refractivity contribution in [2.24, 2.45) is 0 Å². The molecule has 0 aliphatic carbocycles. The van der Waals surface area contributed by atoms with Crippen LogP contribution in [0.1, 0.15) is 27.2 Å². The lowest BCUT2D eigenvalue weighted by Crippen LogP contribution is -2.53. The van der Waals surface area contributed by atoms with Gasteiger partial charge in [0.05, 0.1) is 24.2 Å². The van der Waals surface area contributed by atoms with E-state index in [9.17, 15) is 14.7 Å². The van der Waals surface area contributed by atoms with E-state index in [2.05, 4.69) is 10.6 Å². The number of hydrogen-bond acceptors (Lipinski definition) is 4. The highest BCUT2D eigenvalue weighted by Gasteiger charge is 2.26. The van der Waals surface area contributed by atoms with Crippen molar-refractivity contribution in [2.75, 3.05) is 20.3 Å². The maximum atomic E-state index is 11.5. The molecule has 7 nitrogen and oxygen atoms in total. The van der Waals surface area contributed by atoms with Gasteiger partial charge in [0.2, 0.25) is 0 Å². The van der Waals surface area contributed by atoms with Crippen molar-refractivity contribution in [3.05, 3.63) is 0 Å². The largest absolute Gasteiger partial charge is 0.481 e. The molecule has 0 radical (unpaired) electrons. The van der Waals surface area contributed by atoms with Crippen molar-refractivity contribution in [1.82, 2.24) is 10.6 Å². The Morgan fingerprint density at radius 2 is 1.83 bits per heavy atom. The Labute approximate surface area is 107 Å². The topological polar surface area (TPSA) is 108 Å². The van der Waals surface area contributed by atoms with Crippen LogP contribution in [0.25, 0.3) is 0 Å². The average molecular weight is 262 g/mol. The van der Waals surface area contributed by atoms with Crippen molar-refractivity contribution >= 4 is 12.0 Å². The molecule has 4 N–H and O–H groups in total. The van der Waals surface area contributed by atoms with Crippen LogP contribution in [0.4, 0.5) is 4.79 Å². The van der Waals surface area contributed by atoms with E-state index in [1.54, 1.807) is 13.8 Å². The number of carboxylic acid groups (broad SMARTS) is 1. The summed E-state index contributed by atoms with van der Waals surface area (Å²) in [4.78, 5) is 22.0. The molecule has 0 rings (SSSR count). The lowest BCUT2D eigenvalue weighted by molar-refractivity contribution is -0.141. The van der Waals surface area contributed by atoms with Crippen LogP contribution in [0, 0.1) is 0 Å². The number of carbonyl (C=O) groups is 2. The van der Waals surface area contributed by atoms with Crippen LogP contribution >= 0.6 is 0 Å². The molecule has 1 atom stereocenters. The molecule has 0 bridgehead atoms. The maximum absolute atomic E-state index is 11.5. The summed E-state index contributed by atoms with van der Waals surface area (Å²) in [6.45, 7) is 5.11. The van der Waals surface area contributed by atoms with Crippen molar-refractivity contribution < 1.29 is 24.5 Å². The number of aliphatic hydroxyl groups is 1. The summed E-state index contributed by atoms with van der Waals surface area (Å²) in [5.41, 5.74) is -2.02. The first-order chi connectivity index (χ1) is 8.08. The van der Waals surface area contributed by atoms with E-state index in [-0.39, 0.29) is 6.54 Å². The highest BCUT2D eigenvalue weighted by Crippen LogP contribution is 2.07. The number of carboxylic acids is 1. The first kappa shape index (κ1) is 16.7. The molecule has 18 heavy (non-hydrogen) atoms. The summed E-state index contributed by atoms with van der Waals surface area (Å²) in [6, 6.07) is -0.484. The summed E-state index contributed by atoms with van der Waals surface area (Å²) in [7, 11) is 1.53. The quantitative estimate of drug-likeness (QED) is 0.514. The van der Waals surface area contributed by atoms with Gasteiger partial charge in [-0.2, -0.15) is 0 Å². The molecule has 0 aromatic rings. The third-order valence-electron chi connectivity index (χ3n) is 2.12. The minimum absolute atomic E-state index is 0.145. The van der Waals surface area contributed by atoms with Crippen molar-refractivity contribution in [2.45, 2.75) is 38.3 Å². The van der Waals surface area contributed by atoms with E-state index < -0.39 is 29.6 Å². The van der Waals surface area contributed by atoms with Crippen LogP contribution < -0.4 is 10.6 Å². The van der Waals surface area contributed by atoms with Crippen LogP contribution in [0.3, 0.4) is 0 Å². The molecule has 106 valence electrons. The number of hydrogen-bond donors (Lipinski definition) is 4. The second-order valence-electron chi connectivity index (χ2n) is 5.19. The minimum Gasteiger partial charge on any atom is -0.481 e. The third kappa shape index (κ3) is 7.86. The second kappa shape index (κ2) is 6.55. The Morgan fingerprint density at radius 3 is 2.28 bits per heavy atom. The zero-order valence-electron chi connectivity index (χ0n) is 11.2. The smallest absolute Gasteiger partial charge is 0.315 e. The number of aliphatic carboxylic acids is 1. The lowest BCUT2D eigenvalue weighted by atomic mass is 10.0. The van der Waals surface area contributed by atoms with E-state index in [0.29, 0.717) is 6.61 Å². The molecule has 7 heteroatoms. The Kier molecular flexibility index (Phi) is 6.07. The predicted molar refractivity (Wildman–Crippen MR) is 65.4 cm³/mol. The van der Waals surface area contributed by atoms with E-state index in [1.165, 1.54) is 14.0 Å². The third-order valence-corrected chi connectivity index (χ3v) is 2.12. The van der Waals surface area contributed by atoms with Crippen molar-refractivity contribution in [1.29, 1.82) is 0 Å². The maximum Gasteiger partial charge on any atom is 0.315 e. The van der Waals surface area contributed by atoms with Gasteiger partial charge in [0.25, 0.3) is 0 Å². The van der Waals surface area contributed by atoms with Gasteiger partial charge in [-0.25, -0.2) is 4.79 Å². The van der Waals surface area contributed by atoms with Crippen molar-refractivity contribution in [3.8, 4) is 0 Å². The van der Waals surface area contributed by atoms with Gasteiger partial charge in [-0.1, -0.05) is 0 Å². The predicted octanol–water partition coefficient (Wildman–Crippen LogP) is -0.0637. The number of ether oxygens (including phenoxy) is 1. The molecule has 0 spiro atoms. The highest BCUT2D eigenvalue weighted by molar-refractivity contribution is 5.75. The van der Waals surface area contributed by atoms with E-state index in [0.717, 1.165) is 0 Å². The molecule has 0 aliphatic heterocycles. The molecule has 0 saturated heterocycles. The standard InChI is InChI=1S/C11H22N2O5/c1-10(2,7-18-4)13-9(16)12-6-11(3,17)5-8(14)15/h17H,5-7H2,1-4H3,(H,14,15)(H2,12,13,16). The average Bonchev–Trinajstić information content (AvgIpc) is 2.11. The van der Waals surface area contributed by atoms with Crippen LogP contribution in [-0.2, 0) is 9.53 Å². The van der Waals surface area contributed by atoms with Gasteiger partial charge >= 0.3 is 12.0 Å². The summed E-state index contributed by atoms with van der Waals surface area (Å²) in [5, 5.41) is 23.3. The summed E-state index contributed by atoms with van der Waals surface area (Å²) in [5.74, 6) is -1.12. The zero-order valence-corrected chi connectivity index (χ0v) is 11.2. The zero-order chi connectivity index (χ0) is 14.4. The van der Waals surface area contributed by atoms with Crippen LogP contribution in [0.15, 0.2) is 0 Å². The van der Waals surface area contributed by atoms with Crippen molar-refractivity contribution in [3.63, 3.8) is 0 Å². The summed E-state index contributed by atoms with van der Waals surface area (Å²) < 4.78 is 4.94. The summed E-state index contributed by atoms with van der Waals surface area (Å²) in [6.07, 6.45) is -0.436. The fourth-order valence-corrected chi connectivity index (χ4v) is 1.41. The first-order valence-electron chi connectivity index (χ1n) is 5.57. The van der Waals surface area contributed by atoms with Crippen LogP contribution in [0.5, 0.6) is 0 Å². The van der Waals surface area contributed by atoms with Gasteiger partial charge in [-0.3, -0.25) is 4.79 Å². The number of urea groups is 1. The lowest BCUT2D eigenvalue weighted by Gasteiger charge is -2.27. The molecule has 0 aliphatic rings. The SMILES string of the molecule is COCC(C)(C)NC(=O)NCC(C)(O)CC(=O)O. The highest BCUT2D eigenvalue weighted by atomic mass is 16.5. The Bertz CT molecular complexity index is 302. The van der Waals surface area contributed by atoms with Gasteiger partial charge in [-0.15, -0.1) is 0 Å². The van der Waals surface area contributed by atoms with Crippen LogP contribution in [0.2, 0.25) is 0 Å². The van der Waals surface area contributed by atoms with Gasteiger partial charge in [0.15, 0.2) is 0 Å². The Hall–Kier alpha value is -1.34. The van der Waals surface area contributed by atoms with Gasteiger partial charge < -0.3 is 25.6 Å². The first-order valence-corrected chi connectivity index (χ1v) is 5.57. The van der Waals surface area contributed by atoms with E-state index in [1.807, 2.05) is 0 Å². The minimum atomic E-state index is -1.48. The molecule has 0 fully saturated rings. The molecule has 0 heterocycles. The molecule has 1 unspecified atom stereocenters. The molecular weight excluding hydrogens is 240 g/mol. The van der Waals surface area contributed by atoms with Crippen LogP contribution in [-0.4, -0.2) is 53.6 Å². The molecule has 0 saturated carbocycles. The second-order valence-corrected chi connectivity index (χ2v) is 5.19. The van der Waals surface area contributed by atoms with Gasteiger partial charge in [0, 0.05) is 13.7 Å². The Morgan fingerprint density at radius 1 is 1.28 bits per heavy atom. The number of methoxy groups -OCH3 is 1. The fraction of sp³-hybridized carbons (Fsp3) is 0.818. The number of nitrogens with one attached hydrogen (secondary N) is 2. The summed E-state index contributed by atoms with van der Waals surface area (Å²) >= 11 is 0. The Balaban J connectivity index is 4.14. The number of amides is 2. The van der Waals surface area contributed by atoms with Gasteiger partial charge in [0.1, 0.15) is 0 Å². The van der Waals surface area contributed by atoms with E-state index >= 15 is 0 Å². The normalized spacial score (nSPS) is 14.7. The monoisotopic (exact) mass is 262 g/mol. The van der Waals surface area contributed by atoms with E-state index in [4.69, 9.17) is 9.84 Å². The van der Waals surface area contributed by atoms with Gasteiger partial charge in [-0.05, 0) is 20.8 Å². The molecule has 2 amide bonds.